The van der Waals surface area contributed by atoms with Crippen molar-refractivity contribution in [3.05, 3.63) is 41.4 Å². The van der Waals surface area contributed by atoms with Gasteiger partial charge < -0.3 is 19.7 Å². The Bertz CT molecular complexity index is 1240. The summed E-state index contributed by atoms with van der Waals surface area (Å²) in [7, 11) is 3.33. The number of benzene rings is 2. The van der Waals surface area contributed by atoms with E-state index in [1.54, 1.807) is 26.0 Å². The number of rotatable bonds is 5. The largest absolute Gasteiger partial charge is 0.489 e. The molecule has 3 unspecified atom stereocenters. The third-order valence-corrected chi connectivity index (χ3v) is 7.57. The van der Waals surface area contributed by atoms with Crippen LogP contribution < -0.4 is 15.0 Å². The Morgan fingerprint density at radius 3 is 2.78 bits per heavy atom. The van der Waals surface area contributed by atoms with Crippen LogP contribution in [0, 0.1) is 5.92 Å². The van der Waals surface area contributed by atoms with Crippen molar-refractivity contribution in [1.82, 2.24) is 10.3 Å². The third-order valence-electron chi connectivity index (χ3n) is 6.71. The minimum absolute atomic E-state index is 0.0713. The molecular formula is C24H25N3O4S. The van der Waals surface area contributed by atoms with E-state index in [1.165, 1.54) is 11.3 Å². The molecule has 7 nitrogen and oxygen atoms in total. The lowest BCUT2D eigenvalue weighted by molar-refractivity contribution is -0.137. The van der Waals surface area contributed by atoms with Gasteiger partial charge in [-0.2, -0.15) is 0 Å². The number of aromatic nitrogens is 1. The van der Waals surface area contributed by atoms with Gasteiger partial charge in [-0.3, -0.25) is 9.59 Å². The van der Waals surface area contributed by atoms with Crippen LogP contribution >= 0.6 is 11.3 Å². The van der Waals surface area contributed by atoms with E-state index in [-0.39, 0.29) is 23.8 Å². The molecule has 2 aliphatic rings. The van der Waals surface area contributed by atoms with Gasteiger partial charge in [-0.1, -0.05) is 12.1 Å². The third kappa shape index (κ3) is 3.17. The fourth-order valence-electron chi connectivity index (χ4n) is 4.58. The molecule has 0 radical (unpaired) electrons. The van der Waals surface area contributed by atoms with Crippen LogP contribution in [-0.2, 0) is 19.9 Å². The number of thiazole rings is 1. The highest BCUT2D eigenvalue weighted by Gasteiger charge is 2.46. The first-order valence-corrected chi connectivity index (χ1v) is 11.5. The van der Waals surface area contributed by atoms with Crippen molar-refractivity contribution >= 4 is 39.1 Å². The van der Waals surface area contributed by atoms with Crippen molar-refractivity contribution < 1.29 is 19.1 Å². The first-order chi connectivity index (χ1) is 15.3. The number of carbonyl (C=O) groups excluding carboxylic acids is 2. The van der Waals surface area contributed by atoms with E-state index in [9.17, 15) is 9.59 Å². The zero-order valence-electron chi connectivity index (χ0n) is 18.5. The Labute approximate surface area is 190 Å². The summed E-state index contributed by atoms with van der Waals surface area (Å²) in [4.78, 5) is 30.5. The van der Waals surface area contributed by atoms with Crippen molar-refractivity contribution in [2.45, 2.75) is 32.0 Å². The fourth-order valence-corrected chi connectivity index (χ4v) is 5.31. The normalized spacial score (nSPS) is 23.5. The number of anilines is 1. The summed E-state index contributed by atoms with van der Waals surface area (Å²) in [6.45, 7) is 4.44. The second-order valence-electron chi connectivity index (χ2n) is 8.60. The average molecular weight is 452 g/mol. The van der Waals surface area contributed by atoms with E-state index in [0.29, 0.717) is 13.0 Å². The zero-order chi connectivity index (χ0) is 22.6. The number of nitrogens with one attached hydrogen (secondary N) is 1. The van der Waals surface area contributed by atoms with Crippen LogP contribution in [0.15, 0.2) is 35.8 Å². The van der Waals surface area contributed by atoms with E-state index in [0.717, 1.165) is 38.3 Å². The number of hydrogen-bond acceptors (Lipinski definition) is 6. The van der Waals surface area contributed by atoms with Crippen molar-refractivity contribution in [1.29, 1.82) is 0 Å². The van der Waals surface area contributed by atoms with Crippen LogP contribution in [0.5, 0.6) is 5.75 Å². The molecule has 0 bridgehead atoms. The number of hydrogen-bond donors (Lipinski definition) is 1. The van der Waals surface area contributed by atoms with Crippen molar-refractivity contribution in [3.8, 4) is 16.9 Å². The first-order valence-electron chi connectivity index (χ1n) is 10.6. The summed E-state index contributed by atoms with van der Waals surface area (Å²) < 4.78 is 12.9. The summed E-state index contributed by atoms with van der Waals surface area (Å²) in [5, 5.41) is 2.88. The van der Waals surface area contributed by atoms with E-state index < -0.39 is 5.60 Å². The molecule has 0 saturated carbocycles. The molecule has 3 aromatic rings. The van der Waals surface area contributed by atoms with Crippen LogP contribution in [0.3, 0.4) is 0 Å². The molecule has 32 heavy (non-hydrogen) atoms. The van der Waals surface area contributed by atoms with E-state index in [2.05, 4.69) is 10.3 Å². The molecule has 2 amide bonds. The predicted molar refractivity (Wildman–Crippen MR) is 124 cm³/mol. The molecule has 2 aromatic carbocycles. The van der Waals surface area contributed by atoms with Gasteiger partial charge in [0.15, 0.2) is 5.60 Å². The smallest absolute Gasteiger partial charge is 0.263 e. The fraction of sp³-hybridized carbons (Fsp3) is 0.375. The number of ether oxygens (including phenoxy) is 2. The Morgan fingerprint density at radius 2 is 2.06 bits per heavy atom. The Balaban J connectivity index is 1.53. The van der Waals surface area contributed by atoms with Crippen LogP contribution in [0.25, 0.3) is 21.3 Å². The second-order valence-corrected chi connectivity index (χ2v) is 9.45. The van der Waals surface area contributed by atoms with Gasteiger partial charge in [0.2, 0.25) is 5.91 Å². The minimum Gasteiger partial charge on any atom is -0.489 e. The lowest BCUT2D eigenvalue weighted by Crippen LogP contribution is -2.37. The Morgan fingerprint density at radius 1 is 1.25 bits per heavy atom. The van der Waals surface area contributed by atoms with Gasteiger partial charge in [0.05, 0.1) is 21.4 Å². The molecule has 2 aliphatic heterocycles. The number of methoxy groups -OCH3 is 1. The van der Waals surface area contributed by atoms with Gasteiger partial charge in [-0.15, -0.1) is 11.3 Å². The monoisotopic (exact) mass is 451 g/mol. The minimum atomic E-state index is -0.974. The van der Waals surface area contributed by atoms with E-state index >= 15 is 0 Å². The summed E-state index contributed by atoms with van der Waals surface area (Å²) in [6.07, 6.45) is 0.372. The van der Waals surface area contributed by atoms with Crippen molar-refractivity contribution in [3.63, 3.8) is 0 Å². The number of likely N-dealkylation sites (N-methyl/N-ethyl adjacent to an activating group) is 1. The van der Waals surface area contributed by atoms with Gasteiger partial charge in [0.1, 0.15) is 11.9 Å². The first kappa shape index (κ1) is 20.9. The van der Waals surface area contributed by atoms with Crippen LogP contribution in [0.2, 0.25) is 0 Å². The molecule has 1 fully saturated rings. The highest BCUT2D eigenvalue weighted by molar-refractivity contribution is 7.17. The highest BCUT2D eigenvalue weighted by Crippen LogP contribution is 2.44. The maximum absolute atomic E-state index is 12.8. The molecule has 1 N–H and O–H groups in total. The molecule has 166 valence electrons. The summed E-state index contributed by atoms with van der Waals surface area (Å²) in [6, 6.07) is 10.0. The van der Waals surface area contributed by atoms with Gasteiger partial charge >= 0.3 is 0 Å². The van der Waals surface area contributed by atoms with Crippen LogP contribution in [-0.4, -0.2) is 43.6 Å². The topological polar surface area (TPSA) is 80.8 Å². The standard InChI is InChI=1S/C24H25N3O4S/c1-13(16-10-21(28)25-11-16)31-20-9-15(7-18-22(20)32-12-26-18)14-5-6-17-19(8-14)27(3)23(29)24(17,2)30-4/h5-9,12-13,16H,10-11H2,1-4H3,(H,25,28). The molecule has 1 aromatic heterocycles. The molecule has 1 saturated heterocycles. The molecule has 3 heterocycles. The number of carbonyl (C=O) groups is 2. The summed E-state index contributed by atoms with van der Waals surface area (Å²) >= 11 is 1.54. The van der Waals surface area contributed by atoms with Gasteiger partial charge in [-0.05, 0) is 43.2 Å². The quantitative estimate of drug-likeness (QED) is 0.640. The Kier molecular flexibility index (Phi) is 4.94. The molecule has 3 atom stereocenters. The second kappa shape index (κ2) is 7.56. The lowest BCUT2D eigenvalue weighted by atomic mass is 9.94. The van der Waals surface area contributed by atoms with E-state index in [4.69, 9.17) is 9.47 Å². The Hall–Kier alpha value is -2.97. The van der Waals surface area contributed by atoms with Gasteiger partial charge in [0.25, 0.3) is 5.91 Å². The number of fused-ring (bicyclic) bond motifs is 2. The number of nitrogens with zero attached hydrogens (tertiary/aromatic N) is 2. The van der Waals surface area contributed by atoms with Crippen LogP contribution in [0.1, 0.15) is 25.8 Å². The van der Waals surface area contributed by atoms with Gasteiger partial charge in [0, 0.05) is 38.6 Å². The molecule has 0 aliphatic carbocycles. The molecular weight excluding hydrogens is 426 g/mol. The lowest BCUT2D eigenvalue weighted by Gasteiger charge is -2.21. The molecule has 0 spiro atoms. The van der Waals surface area contributed by atoms with Crippen molar-refractivity contribution in [2.24, 2.45) is 5.92 Å². The summed E-state index contributed by atoms with van der Waals surface area (Å²) in [5.74, 6) is 0.890. The summed E-state index contributed by atoms with van der Waals surface area (Å²) in [5.41, 5.74) is 5.32. The molecule has 5 rings (SSSR count). The number of amides is 2. The SMILES string of the molecule is COC1(C)C(=O)N(C)c2cc(-c3cc(OC(C)C4CNC(=O)C4)c4scnc4c3)ccc21. The highest BCUT2D eigenvalue weighted by atomic mass is 32.1. The van der Waals surface area contributed by atoms with Gasteiger partial charge in [-0.25, -0.2) is 4.98 Å². The van der Waals surface area contributed by atoms with Crippen molar-refractivity contribution in [2.75, 3.05) is 25.6 Å². The molecule has 8 heteroatoms. The maximum atomic E-state index is 12.8. The van der Waals surface area contributed by atoms with Crippen LogP contribution in [0.4, 0.5) is 5.69 Å². The zero-order valence-corrected chi connectivity index (χ0v) is 19.3. The average Bonchev–Trinajstić information content (AvgIpc) is 3.49. The predicted octanol–water partition coefficient (Wildman–Crippen LogP) is 3.70. The van der Waals surface area contributed by atoms with E-state index in [1.807, 2.05) is 42.8 Å². The maximum Gasteiger partial charge on any atom is 0.263 e.